The third kappa shape index (κ3) is 4.26. The van der Waals surface area contributed by atoms with Crippen LogP contribution in [-0.4, -0.2) is 43.8 Å². The predicted molar refractivity (Wildman–Crippen MR) is 52.4 cm³/mol. The molecule has 0 spiro atoms. The van der Waals surface area contributed by atoms with Gasteiger partial charge in [-0.15, -0.1) is 0 Å². The molecule has 7 heteroatoms. The topological polar surface area (TPSA) is 116 Å². The molecule has 0 amide bonds. The van der Waals surface area contributed by atoms with Crippen LogP contribution < -0.4 is 5.73 Å². The van der Waals surface area contributed by atoms with Crippen molar-refractivity contribution in [1.29, 1.82) is 0 Å². The molecule has 0 bridgehead atoms. The molecule has 0 aliphatic heterocycles. The minimum absolute atomic E-state index is 0.0336. The molecule has 0 aromatic rings. The highest BCUT2D eigenvalue weighted by Crippen LogP contribution is 2.25. The molecule has 0 atom stereocenters. The third-order valence-electron chi connectivity index (χ3n) is 2.38. The van der Waals surface area contributed by atoms with Gasteiger partial charge in [-0.25, -0.2) is 0 Å². The van der Waals surface area contributed by atoms with E-state index in [2.05, 4.69) is 9.47 Å². The van der Waals surface area contributed by atoms with E-state index < -0.39 is 11.4 Å². The van der Waals surface area contributed by atoms with Gasteiger partial charge < -0.3 is 20.3 Å². The van der Waals surface area contributed by atoms with Crippen molar-refractivity contribution in [1.82, 2.24) is 0 Å². The van der Waals surface area contributed by atoms with Crippen LogP contribution >= 0.6 is 0 Å². The number of rotatable bonds is 10. The third-order valence-corrected chi connectivity index (χ3v) is 2.38. The zero-order chi connectivity index (χ0) is 12.4. The van der Waals surface area contributed by atoms with Crippen molar-refractivity contribution in [3.8, 4) is 0 Å². The summed E-state index contributed by atoms with van der Waals surface area (Å²) in [5.41, 5.74) is 4.17. The summed E-state index contributed by atoms with van der Waals surface area (Å²) in [5.74, 6) is -1.10. The molecule has 0 radical (unpaired) electrons. The van der Waals surface area contributed by atoms with Crippen LogP contribution in [0.15, 0.2) is 0 Å². The zero-order valence-electron chi connectivity index (χ0n) is 8.76. The lowest BCUT2D eigenvalue weighted by atomic mass is 9.82. The summed E-state index contributed by atoms with van der Waals surface area (Å²) in [4.78, 5) is 30.9. The van der Waals surface area contributed by atoms with Gasteiger partial charge in [-0.2, -0.15) is 0 Å². The van der Waals surface area contributed by atoms with Gasteiger partial charge in [-0.1, -0.05) is 0 Å². The highest BCUT2D eigenvalue weighted by Gasteiger charge is 2.36. The normalized spacial score (nSPS) is 10.6. The second-order valence-corrected chi connectivity index (χ2v) is 3.22. The SMILES string of the molecule is NCC(CCOC=O)(CCOC=O)C(=O)O. The number of hydrogen-bond donors (Lipinski definition) is 2. The monoisotopic (exact) mass is 233 g/mol. The summed E-state index contributed by atoms with van der Waals surface area (Å²) < 4.78 is 8.88. The Morgan fingerprint density at radius 2 is 1.62 bits per heavy atom. The van der Waals surface area contributed by atoms with Gasteiger partial charge in [0.15, 0.2) is 0 Å². The number of carboxylic acids is 1. The van der Waals surface area contributed by atoms with E-state index in [9.17, 15) is 14.4 Å². The number of aliphatic carboxylic acids is 1. The smallest absolute Gasteiger partial charge is 0.311 e. The van der Waals surface area contributed by atoms with Crippen LogP contribution in [0.2, 0.25) is 0 Å². The maximum absolute atomic E-state index is 11.1. The van der Waals surface area contributed by atoms with Gasteiger partial charge in [0.1, 0.15) is 0 Å². The summed E-state index contributed by atoms with van der Waals surface area (Å²) >= 11 is 0. The number of carbonyl (C=O) groups excluding carboxylic acids is 2. The second-order valence-electron chi connectivity index (χ2n) is 3.22. The van der Waals surface area contributed by atoms with Gasteiger partial charge in [0.2, 0.25) is 0 Å². The summed E-state index contributed by atoms with van der Waals surface area (Å²) in [5, 5.41) is 9.05. The van der Waals surface area contributed by atoms with Crippen molar-refractivity contribution in [3.05, 3.63) is 0 Å². The van der Waals surface area contributed by atoms with E-state index in [1.807, 2.05) is 0 Å². The van der Waals surface area contributed by atoms with Gasteiger partial charge in [-0.05, 0) is 12.8 Å². The first kappa shape index (κ1) is 14.4. The average molecular weight is 233 g/mol. The quantitative estimate of drug-likeness (QED) is 0.372. The largest absolute Gasteiger partial charge is 0.481 e. The first-order chi connectivity index (χ1) is 7.63. The lowest BCUT2D eigenvalue weighted by molar-refractivity contribution is -0.152. The minimum Gasteiger partial charge on any atom is -0.481 e. The lowest BCUT2D eigenvalue weighted by Gasteiger charge is -2.26. The first-order valence-electron chi connectivity index (χ1n) is 4.67. The number of carbonyl (C=O) groups is 3. The average Bonchev–Trinajstić information content (AvgIpc) is 2.27. The first-order valence-corrected chi connectivity index (χ1v) is 4.67. The van der Waals surface area contributed by atoms with Gasteiger partial charge in [0.05, 0.1) is 18.6 Å². The van der Waals surface area contributed by atoms with E-state index in [-0.39, 0.29) is 45.5 Å². The van der Waals surface area contributed by atoms with E-state index in [4.69, 9.17) is 10.8 Å². The Labute approximate surface area is 92.5 Å². The fraction of sp³-hybridized carbons (Fsp3) is 0.667. The van der Waals surface area contributed by atoms with Crippen LogP contribution in [0.25, 0.3) is 0 Å². The van der Waals surface area contributed by atoms with Gasteiger partial charge in [-0.3, -0.25) is 14.4 Å². The summed E-state index contributed by atoms with van der Waals surface area (Å²) in [7, 11) is 0. The van der Waals surface area contributed by atoms with Crippen molar-refractivity contribution in [2.24, 2.45) is 11.1 Å². The highest BCUT2D eigenvalue weighted by molar-refractivity contribution is 5.75. The number of carboxylic acid groups (broad SMARTS) is 1. The molecule has 7 nitrogen and oxygen atoms in total. The van der Waals surface area contributed by atoms with Crippen molar-refractivity contribution in [2.45, 2.75) is 12.8 Å². The summed E-state index contributed by atoms with van der Waals surface area (Å²) in [6, 6.07) is 0. The molecule has 3 N–H and O–H groups in total. The Morgan fingerprint density at radius 3 is 1.88 bits per heavy atom. The van der Waals surface area contributed by atoms with E-state index in [0.717, 1.165) is 0 Å². The Hall–Kier alpha value is -1.63. The molecular formula is C9H15NO6. The van der Waals surface area contributed by atoms with Gasteiger partial charge >= 0.3 is 5.97 Å². The van der Waals surface area contributed by atoms with Crippen molar-refractivity contribution < 1.29 is 29.0 Å². The molecule has 0 saturated carbocycles. The van der Waals surface area contributed by atoms with Crippen LogP contribution in [-0.2, 0) is 23.9 Å². The molecule has 92 valence electrons. The predicted octanol–water partition coefficient (Wildman–Crippen LogP) is -0.858. The second kappa shape index (κ2) is 7.63. The van der Waals surface area contributed by atoms with Crippen molar-refractivity contribution in [2.75, 3.05) is 19.8 Å². The Balaban J connectivity index is 4.38. The number of nitrogens with two attached hydrogens (primary N) is 1. The van der Waals surface area contributed by atoms with E-state index in [0.29, 0.717) is 0 Å². The van der Waals surface area contributed by atoms with Gasteiger partial charge in [0.25, 0.3) is 12.9 Å². The summed E-state index contributed by atoms with van der Waals surface area (Å²) in [6.45, 7) is 0.297. The molecule has 0 aromatic heterocycles. The van der Waals surface area contributed by atoms with E-state index in [1.165, 1.54) is 0 Å². The molecule has 0 fully saturated rings. The van der Waals surface area contributed by atoms with Crippen LogP contribution in [0.4, 0.5) is 0 Å². The molecule has 16 heavy (non-hydrogen) atoms. The molecule has 0 unspecified atom stereocenters. The molecular weight excluding hydrogens is 218 g/mol. The minimum atomic E-state index is -1.23. The standard InChI is InChI=1S/C9H15NO6/c10-5-9(8(13)14,1-3-15-6-11)2-4-16-7-12/h6-7H,1-5,10H2,(H,13,14). The molecule has 0 aliphatic rings. The Kier molecular flexibility index (Phi) is 6.86. The Bertz CT molecular complexity index is 228. The van der Waals surface area contributed by atoms with Crippen LogP contribution in [0, 0.1) is 5.41 Å². The fourth-order valence-electron chi connectivity index (χ4n) is 1.24. The summed E-state index contributed by atoms with van der Waals surface area (Å²) in [6.07, 6.45) is 0.166. The lowest BCUT2D eigenvalue weighted by Crippen LogP contribution is -2.40. The number of hydrogen-bond acceptors (Lipinski definition) is 6. The molecule has 0 saturated heterocycles. The van der Waals surface area contributed by atoms with Crippen LogP contribution in [0.5, 0.6) is 0 Å². The van der Waals surface area contributed by atoms with Crippen molar-refractivity contribution in [3.63, 3.8) is 0 Å². The molecule has 0 aromatic carbocycles. The fourth-order valence-corrected chi connectivity index (χ4v) is 1.24. The van der Waals surface area contributed by atoms with E-state index >= 15 is 0 Å². The Morgan fingerprint density at radius 1 is 1.19 bits per heavy atom. The zero-order valence-corrected chi connectivity index (χ0v) is 8.76. The maximum Gasteiger partial charge on any atom is 0.311 e. The van der Waals surface area contributed by atoms with Gasteiger partial charge in [0, 0.05) is 6.54 Å². The maximum atomic E-state index is 11.1. The van der Waals surface area contributed by atoms with Crippen molar-refractivity contribution >= 4 is 18.9 Å². The molecule has 0 heterocycles. The molecule has 0 aliphatic carbocycles. The number of ether oxygens (including phenoxy) is 2. The van der Waals surface area contributed by atoms with Crippen LogP contribution in [0.1, 0.15) is 12.8 Å². The molecule has 0 rings (SSSR count). The van der Waals surface area contributed by atoms with Crippen LogP contribution in [0.3, 0.4) is 0 Å². The highest BCUT2D eigenvalue weighted by atomic mass is 16.5. The van der Waals surface area contributed by atoms with E-state index in [1.54, 1.807) is 0 Å².